The van der Waals surface area contributed by atoms with Gasteiger partial charge >= 0.3 is 0 Å². The van der Waals surface area contributed by atoms with Crippen molar-refractivity contribution in [2.24, 2.45) is 0 Å². The summed E-state index contributed by atoms with van der Waals surface area (Å²) in [7, 11) is 1.58. The van der Waals surface area contributed by atoms with Crippen molar-refractivity contribution in [3.63, 3.8) is 0 Å². The standard InChI is InChI=1S/C16H18N2O3S/c1-3-21-14-8-11(6-7-13(14)20-2)15(19)18-16-17-12(9-22-16)10-4-5-10/h6-10H,3-5H2,1-2H3,(H,17,18,19). The second-order valence-electron chi connectivity index (χ2n) is 5.10. The second kappa shape index (κ2) is 6.36. The first-order chi connectivity index (χ1) is 10.7. The molecule has 1 aliphatic carbocycles. The number of nitrogens with one attached hydrogen (secondary N) is 1. The van der Waals surface area contributed by atoms with Gasteiger partial charge in [0.25, 0.3) is 5.91 Å². The number of ether oxygens (including phenoxy) is 2. The van der Waals surface area contributed by atoms with Crippen LogP contribution in [0, 0.1) is 0 Å². The molecule has 2 aromatic rings. The van der Waals surface area contributed by atoms with Crippen molar-refractivity contribution in [2.45, 2.75) is 25.7 Å². The minimum Gasteiger partial charge on any atom is -0.493 e. The van der Waals surface area contributed by atoms with E-state index in [-0.39, 0.29) is 5.91 Å². The number of carbonyl (C=O) groups is 1. The van der Waals surface area contributed by atoms with Crippen molar-refractivity contribution in [1.29, 1.82) is 0 Å². The molecule has 0 saturated heterocycles. The number of anilines is 1. The third-order valence-corrected chi connectivity index (χ3v) is 4.24. The molecule has 0 spiro atoms. The van der Waals surface area contributed by atoms with E-state index >= 15 is 0 Å². The lowest BCUT2D eigenvalue weighted by molar-refractivity contribution is 0.102. The van der Waals surface area contributed by atoms with Crippen LogP contribution in [0.4, 0.5) is 5.13 Å². The maximum Gasteiger partial charge on any atom is 0.257 e. The Bertz CT molecular complexity index is 680. The van der Waals surface area contributed by atoms with Gasteiger partial charge in [0.1, 0.15) is 0 Å². The number of thiazole rings is 1. The first-order valence-electron chi connectivity index (χ1n) is 7.29. The SMILES string of the molecule is CCOc1cc(C(=O)Nc2nc(C3CC3)cs2)ccc1OC. The van der Waals surface area contributed by atoms with E-state index in [1.165, 1.54) is 24.2 Å². The molecule has 5 nitrogen and oxygen atoms in total. The van der Waals surface area contributed by atoms with Gasteiger partial charge in [0, 0.05) is 16.9 Å². The Hall–Kier alpha value is -2.08. The Morgan fingerprint density at radius 2 is 2.23 bits per heavy atom. The molecule has 0 radical (unpaired) electrons. The Morgan fingerprint density at radius 1 is 1.41 bits per heavy atom. The van der Waals surface area contributed by atoms with Gasteiger partial charge in [-0.15, -0.1) is 11.3 Å². The van der Waals surface area contributed by atoms with Crippen LogP contribution in [0.1, 0.15) is 41.7 Å². The zero-order valence-corrected chi connectivity index (χ0v) is 13.4. The van der Waals surface area contributed by atoms with Crippen molar-refractivity contribution in [2.75, 3.05) is 19.0 Å². The number of rotatable bonds is 6. The molecule has 3 rings (SSSR count). The third kappa shape index (κ3) is 3.22. The molecule has 116 valence electrons. The van der Waals surface area contributed by atoms with E-state index in [4.69, 9.17) is 9.47 Å². The van der Waals surface area contributed by atoms with Crippen LogP contribution < -0.4 is 14.8 Å². The van der Waals surface area contributed by atoms with Gasteiger partial charge in [-0.1, -0.05) is 0 Å². The lowest BCUT2D eigenvalue weighted by Crippen LogP contribution is -2.12. The maximum atomic E-state index is 12.3. The van der Waals surface area contributed by atoms with Crippen LogP contribution in [0.5, 0.6) is 11.5 Å². The summed E-state index contributed by atoms with van der Waals surface area (Å²) in [5.74, 6) is 1.58. The number of benzene rings is 1. The van der Waals surface area contributed by atoms with E-state index in [0.717, 1.165) is 5.69 Å². The van der Waals surface area contributed by atoms with Crippen molar-refractivity contribution in [1.82, 2.24) is 4.98 Å². The van der Waals surface area contributed by atoms with E-state index < -0.39 is 0 Å². The minimum absolute atomic E-state index is 0.194. The molecule has 0 bridgehead atoms. The van der Waals surface area contributed by atoms with Crippen LogP contribution in [0.2, 0.25) is 0 Å². The van der Waals surface area contributed by atoms with Gasteiger partial charge in [-0.3, -0.25) is 10.1 Å². The zero-order valence-electron chi connectivity index (χ0n) is 12.6. The van der Waals surface area contributed by atoms with Crippen LogP contribution in [0.3, 0.4) is 0 Å². The van der Waals surface area contributed by atoms with Gasteiger partial charge in [0.05, 0.1) is 19.4 Å². The first-order valence-corrected chi connectivity index (χ1v) is 8.16. The molecule has 1 fully saturated rings. The number of hydrogen-bond donors (Lipinski definition) is 1. The van der Waals surface area contributed by atoms with Crippen molar-refractivity contribution < 1.29 is 14.3 Å². The Morgan fingerprint density at radius 3 is 2.91 bits per heavy atom. The normalized spacial score (nSPS) is 13.7. The largest absolute Gasteiger partial charge is 0.493 e. The van der Waals surface area contributed by atoms with Crippen LogP contribution in [-0.4, -0.2) is 24.6 Å². The van der Waals surface area contributed by atoms with Crippen molar-refractivity contribution in [3.8, 4) is 11.5 Å². The fraction of sp³-hybridized carbons (Fsp3) is 0.375. The smallest absolute Gasteiger partial charge is 0.257 e. The molecule has 0 aliphatic heterocycles. The topological polar surface area (TPSA) is 60.5 Å². The lowest BCUT2D eigenvalue weighted by atomic mass is 10.2. The number of aromatic nitrogens is 1. The van der Waals surface area contributed by atoms with Crippen molar-refractivity contribution in [3.05, 3.63) is 34.8 Å². The summed E-state index contributed by atoms with van der Waals surface area (Å²) in [6, 6.07) is 5.14. The quantitative estimate of drug-likeness (QED) is 0.882. The molecule has 0 atom stereocenters. The summed E-state index contributed by atoms with van der Waals surface area (Å²) in [5.41, 5.74) is 1.61. The van der Waals surface area contributed by atoms with E-state index in [0.29, 0.717) is 34.7 Å². The summed E-state index contributed by atoms with van der Waals surface area (Å²) in [5, 5.41) is 5.50. The Kier molecular flexibility index (Phi) is 4.29. The number of carbonyl (C=O) groups excluding carboxylic acids is 1. The Labute approximate surface area is 133 Å². The molecule has 1 aromatic heterocycles. The molecule has 1 heterocycles. The Balaban J connectivity index is 1.74. The van der Waals surface area contributed by atoms with Gasteiger partial charge in [0.15, 0.2) is 16.6 Å². The number of amides is 1. The highest BCUT2D eigenvalue weighted by Crippen LogP contribution is 2.41. The molecule has 1 saturated carbocycles. The van der Waals surface area contributed by atoms with E-state index in [9.17, 15) is 4.79 Å². The molecule has 6 heteroatoms. The molecule has 1 aromatic carbocycles. The molecule has 1 aliphatic rings. The minimum atomic E-state index is -0.194. The van der Waals surface area contributed by atoms with E-state index in [1.807, 2.05) is 12.3 Å². The second-order valence-corrected chi connectivity index (χ2v) is 5.96. The molecule has 22 heavy (non-hydrogen) atoms. The molecular weight excluding hydrogens is 300 g/mol. The number of nitrogens with zero attached hydrogens (tertiary/aromatic N) is 1. The van der Waals surface area contributed by atoms with Gasteiger partial charge in [-0.25, -0.2) is 4.98 Å². The van der Waals surface area contributed by atoms with Crippen LogP contribution in [-0.2, 0) is 0 Å². The predicted octanol–water partition coefficient (Wildman–Crippen LogP) is 3.68. The summed E-state index contributed by atoms with van der Waals surface area (Å²) < 4.78 is 10.7. The van der Waals surface area contributed by atoms with Crippen molar-refractivity contribution >= 4 is 22.4 Å². The van der Waals surface area contributed by atoms with Gasteiger partial charge in [0.2, 0.25) is 0 Å². The molecule has 1 amide bonds. The zero-order chi connectivity index (χ0) is 15.5. The molecule has 0 unspecified atom stereocenters. The highest BCUT2D eigenvalue weighted by molar-refractivity contribution is 7.14. The van der Waals surface area contributed by atoms with Crippen LogP contribution in [0.25, 0.3) is 0 Å². The fourth-order valence-electron chi connectivity index (χ4n) is 2.17. The number of hydrogen-bond acceptors (Lipinski definition) is 5. The fourth-order valence-corrected chi connectivity index (χ4v) is 2.95. The maximum absolute atomic E-state index is 12.3. The summed E-state index contributed by atoms with van der Waals surface area (Å²) in [6.07, 6.45) is 2.40. The monoisotopic (exact) mass is 318 g/mol. The molecule has 1 N–H and O–H groups in total. The van der Waals surface area contributed by atoms with Gasteiger partial charge in [-0.05, 0) is 38.0 Å². The van der Waals surface area contributed by atoms with Gasteiger partial charge < -0.3 is 9.47 Å². The average molecular weight is 318 g/mol. The highest BCUT2D eigenvalue weighted by Gasteiger charge is 2.26. The van der Waals surface area contributed by atoms with Crippen LogP contribution >= 0.6 is 11.3 Å². The summed E-state index contributed by atoms with van der Waals surface area (Å²) >= 11 is 1.46. The van der Waals surface area contributed by atoms with Gasteiger partial charge in [-0.2, -0.15) is 0 Å². The van der Waals surface area contributed by atoms with Crippen LogP contribution in [0.15, 0.2) is 23.6 Å². The molecular formula is C16H18N2O3S. The highest BCUT2D eigenvalue weighted by atomic mass is 32.1. The number of methoxy groups -OCH3 is 1. The summed E-state index contributed by atoms with van der Waals surface area (Å²) in [4.78, 5) is 16.8. The third-order valence-electron chi connectivity index (χ3n) is 3.46. The van der Waals surface area contributed by atoms with E-state index in [2.05, 4.69) is 10.3 Å². The van der Waals surface area contributed by atoms with E-state index in [1.54, 1.807) is 25.3 Å². The average Bonchev–Trinajstić information content (AvgIpc) is 3.28. The predicted molar refractivity (Wildman–Crippen MR) is 86.2 cm³/mol. The summed E-state index contributed by atoms with van der Waals surface area (Å²) in [6.45, 7) is 2.40. The lowest BCUT2D eigenvalue weighted by Gasteiger charge is -2.10. The first kappa shape index (κ1) is 14.8.